The molecule has 0 unspecified atom stereocenters. The molecule has 0 saturated carbocycles. The van der Waals surface area contributed by atoms with Crippen molar-refractivity contribution in [3.63, 3.8) is 0 Å². The number of carbonyl (C=O) groups is 1. The molecule has 33 heavy (non-hydrogen) atoms. The Morgan fingerprint density at radius 2 is 1.85 bits per heavy atom. The molecular formula is C22H24N4O6S. The molecule has 0 radical (unpaired) electrons. The van der Waals surface area contributed by atoms with E-state index in [-0.39, 0.29) is 28.2 Å². The topological polar surface area (TPSA) is 124 Å². The third-order valence-electron chi connectivity index (χ3n) is 5.39. The number of amides is 1. The quantitative estimate of drug-likeness (QED) is 0.556. The molecule has 0 spiro atoms. The van der Waals surface area contributed by atoms with E-state index < -0.39 is 10.0 Å². The second kappa shape index (κ2) is 9.10. The Labute approximate surface area is 191 Å². The van der Waals surface area contributed by atoms with Gasteiger partial charge < -0.3 is 18.9 Å². The number of hydrogen-bond donors (Lipinski definition) is 1. The lowest BCUT2D eigenvalue weighted by molar-refractivity contribution is 0.0743. The van der Waals surface area contributed by atoms with Crippen LogP contribution in [0.25, 0.3) is 11.4 Å². The van der Waals surface area contributed by atoms with Gasteiger partial charge in [-0.1, -0.05) is 17.3 Å². The van der Waals surface area contributed by atoms with Gasteiger partial charge in [0.15, 0.2) is 0 Å². The van der Waals surface area contributed by atoms with Gasteiger partial charge in [-0.15, -0.1) is 0 Å². The highest BCUT2D eigenvalue weighted by Crippen LogP contribution is 2.32. The van der Waals surface area contributed by atoms with Crippen LogP contribution in [0.2, 0.25) is 0 Å². The molecule has 1 aliphatic rings. The van der Waals surface area contributed by atoms with E-state index in [1.807, 2.05) is 0 Å². The normalized spacial score (nSPS) is 13.7. The number of methoxy groups -OCH3 is 2. The summed E-state index contributed by atoms with van der Waals surface area (Å²) in [5.41, 5.74) is 1.16. The summed E-state index contributed by atoms with van der Waals surface area (Å²) >= 11 is 0. The zero-order chi connectivity index (χ0) is 23.6. The van der Waals surface area contributed by atoms with Crippen molar-refractivity contribution in [1.29, 1.82) is 0 Å². The number of nitrogens with one attached hydrogen (secondary N) is 1. The number of carbonyl (C=O) groups excluding carboxylic acids is 1. The Balaban J connectivity index is 1.64. The lowest BCUT2D eigenvalue weighted by Crippen LogP contribution is -2.27. The number of ether oxygens (including phenoxy) is 2. The van der Waals surface area contributed by atoms with Crippen LogP contribution >= 0.6 is 0 Å². The molecular weight excluding hydrogens is 448 g/mol. The summed E-state index contributed by atoms with van der Waals surface area (Å²) in [7, 11) is -1.07. The number of hydrogen-bond acceptors (Lipinski definition) is 8. The first-order chi connectivity index (χ1) is 15.8. The fourth-order valence-corrected chi connectivity index (χ4v) is 4.94. The third-order valence-corrected chi connectivity index (χ3v) is 6.90. The fraction of sp³-hybridized carbons (Fsp3) is 0.318. The molecule has 2 aromatic carbocycles. The van der Waals surface area contributed by atoms with E-state index in [0.717, 1.165) is 12.8 Å². The first kappa shape index (κ1) is 22.6. The summed E-state index contributed by atoms with van der Waals surface area (Å²) < 4.78 is 44.6. The molecule has 174 valence electrons. The van der Waals surface area contributed by atoms with Crippen LogP contribution in [0.3, 0.4) is 0 Å². The Morgan fingerprint density at radius 3 is 2.55 bits per heavy atom. The molecule has 0 atom stereocenters. The molecule has 11 heteroatoms. The highest BCUT2D eigenvalue weighted by molar-refractivity contribution is 7.92. The predicted octanol–water partition coefficient (Wildman–Crippen LogP) is 3.10. The zero-order valence-electron chi connectivity index (χ0n) is 18.5. The van der Waals surface area contributed by atoms with Crippen molar-refractivity contribution in [2.45, 2.75) is 24.7 Å². The van der Waals surface area contributed by atoms with Gasteiger partial charge in [0.05, 0.1) is 24.8 Å². The number of sulfonamides is 1. The van der Waals surface area contributed by atoms with Gasteiger partial charge in [-0.2, -0.15) is 4.98 Å². The average molecular weight is 473 g/mol. The minimum Gasteiger partial charge on any atom is -0.497 e. The summed E-state index contributed by atoms with van der Waals surface area (Å²) in [5, 5.41) is 3.88. The summed E-state index contributed by atoms with van der Waals surface area (Å²) in [5.74, 6) is 0.513. The lowest BCUT2D eigenvalue weighted by atomic mass is 10.1. The number of rotatable bonds is 7. The largest absolute Gasteiger partial charge is 0.497 e. The van der Waals surface area contributed by atoms with E-state index in [4.69, 9.17) is 14.0 Å². The van der Waals surface area contributed by atoms with Crippen molar-refractivity contribution >= 4 is 21.6 Å². The van der Waals surface area contributed by atoms with Crippen molar-refractivity contribution in [3.05, 3.63) is 47.9 Å². The number of anilines is 1. The second-order valence-electron chi connectivity index (χ2n) is 7.57. The minimum atomic E-state index is -4.00. The molecule has 1 saturated heterocycles. The van der Waals surface area contributed by atoms with Gasteiger partial charge >= 0.3 is 11.8 Å². The fourth-order valence-electron chi connectivity index (χ4n) is 3.61. The van der Waals surface area contributed by atoms with Crippen molar-refractivity contribution < 1.29 is 27.2 Å². The van der Waals surface area contributed by atoms with Gasteiger partial charge in [-0.3, -0.25) is 9.52 Å². The first-order valence-electron chi connectivity index (χ1n) is 10.3. The molecule has 1 amide bonds. The summed E-state index contributed by atoms with van der Waals surface area (Å²) in [4.78, 5) is 18.4. The molecule has 1 N–H and O–H groups in total. The summed E-state index contributed by atoms with van der Waals surface area (Å²) in [6, 6.07) is 9.57. The van der Waals surface area contributed by atoms with Crippen molar-refractivity contribution in [2.75, 3.05) is 32.0 Å². The maximum atomic E-state index is 13.2. The van der Waals surface area contributed by atoms with Gasteiger partial charge in [0.1, 0.15) is 11.5 Å². The highest BCUT2D eigenvalue weighted by atomic mass is 32.2. The van der Waals surface area contributed by atoms with Crippen LogP contribution in [0, 0.1) is 6.92 Å². The van der Waals surface area contributed by atoms with E-state index in [1.54, 1.807) is 36.1 Å². The van der Waals surface area contributed by atoms with E-state index in [1.165, 1.54) is 26.4 Å². The molecule has 1 aromatic heterocycles. The van der Waals surface area contributed by atoms with Crippen LogP contribution in [0.5, 0.6) is 11.5 Å². The Morgan fingerprint density at radius 1 is 1.09 bits per heavy atom. The van der Waals surface area contributed by atoms with E-state index in [2.05, 4.69) is 14.9 Å². The SMILES string of the molecule is COc1ccc(OC)c(NS(=O)(=O)c2cc(-c3noc(C(=O)N4CCCC4)n3)ccc2C)c1. The lowest BCUT2D eigenvalue weighted by Gasteiger charge is -2.14. The molecule has 3 aromatic rings. The zero-order valence-corrected chi connectivity index (χ0v) is 19.3. The van der Waals surface area contributed by atoms with Gasteiger partial charge in [0.2, 0.25) is 5.82 Å². The van der Waals surface area contributed by atoms with E-state index in [0.29, 0.717) is 35.7 Å². The minimum absolute atomic E-state index is 0.0297. The standard InChI is InChI=1S/C22H24N4O6S/c1-14-6-7-15(20-23-21(32-24-20)22(27)26-10-4-5-11-26)12-19(14)33(28,29)25-17-13-16(30-2)8-9-18(17)31-3/h6-9,12-13,25H,4-5,10-11H2,1-3H3. The number of aromatic nitrogens is 2. The number of benzene rings is 2. The number of likely N-dealkylation sites (tertiary alicyclic amines) is 1. The Hall–Kier alpha value is -3.60. The molecule has 10 nitrogen and oxygen atoms in total. The molecule has 0 aliphatic carbocycles. The Kier molecular flexibility index (Phi) is 6.23. The molecule has 1 aliphatic heterocycles. The van der Waals surface area contributed by atoms with Crippen LogP contribution in [0.15, 0.2) is 45.8 Å². The molecule has 1 fully saturated rings. The number of nitrogens with zero attached hydrogens (tertiary/aromatic N) is 3. The number of aryl methyl sites for hydroxylation is 1. The van der Waals surface area contributed by atoms with Crippen LogP contribution in [0.1, 0.15) is 29.1 Å². The molecule has 4 rings (SSSR count). The summed E-state index contributed by atoms with van der Waals surface area (Å²) in [6.07, 6.45) is 1.88. The van der Waals surface area contributed by atoms with Gasteiger partial charge in [0, 0.05) is 24.7 Å². The monoisotopic (exact) mass is 472 g/mol. The van der Waals surface area contributed by atoms with Crippen LogP contribution in [0.4, 0.5) is 5.69 Å². The van der Waals surface area contributed by atoms with Crippen molar-refractivity contribution in [3.8, 4) is 22.9 Å². The summed E-state index contributed by atoms with van der Waals surface area (Å²) in [6.45, 7) is 2.99. The van der Waals surface area contributed by atoms with Crippen LogP contribution in [-0.2, 0) is 10.0 Å². The predicted molar refractivity (Wildman–Crippen MR) is 120 cm³/mol. The van der Waals surface area contributed by atoms with E-state index >= 15 is 0 Å². The third kappa shape index (κ3) is 4.63. The van der Waals surface area contributed by atoms with Crippen molar-refractivity contribution in [1.82, 2.24) is 15.0 Å². The van der Waals surface area contributed by atoms with Gasteiger partial charge in [-0.05, 0) is 43.5 Å². The second-order valence-corrected chi connectivity index (χ2v) is 9.23. The maximum Gasteiger partial charge on any atom is 0.316 e. The van der Waals surface area contributed by atoms with Crippen LogP contribution in [-0.4, -0.2) is 56.7 Å². The molecule has 2 heterocycles. The van der Waals surface area contributed by atoms with Gasteiger partial charge in [-0.25, -0.2) is 8.42 Å². The van der Waals surface area contributed by atoms with Gasteiger partial charge in [0.25, 0.3) is 10.0 Å². The Bertz CT molecular complexity index is 1280. The first-order valence-corrected chi connectivity index (χ1v) is 11.8. The van der Waals surface area contributed by atoms with Crippen LogP contribution < -0.4 is 14.2 Å². The maximum absolute atomic E-state index is 13.2. The average Bonchev–Trinajstić information content (AvgIpc) is 3.51. The smallest absolute Gasteiger partial charge is 0.316 e. The van der Waals surface area contributed by atoms with Crippen molar-refractivity contribution in [2.24, 2.45) is 0 Å². The highest BCUT2D eigenvalue weighted by Gasteiger charge is 2.26. The molecule has 0 bridgehead atoms. The van der Waals surface area contributed by atoms with E-state index in [9.17, 15) is 13.2 Å².